The van der Waals surface area contributed by atoms with Crippen LogP contribution in [0.25, 0.3) is 0 Å². The Bertz CT molecular complexity index is 676. The van der Waals surface area contributed by atoms with Crippen molar-refractivity contribution in [3.05, 3.63) is 70.2 Å². The second-order valence-electron chi connectivity index (χ2n) is 5.45. The molecule has 1 saturated carbocycles. The maximum absolute atomic E-state index is 12.5. The van der Waals surface area contributed by atoms with Gasteiger partial charge in [0.15, 0.2) is 5.78 Å². The van der Waals surface area contributed by atoms with Crippen LogP contribution in [-0.2, 0) is 0 Å². The van der Waals surface area contributed by atoms with E-state index in [1.54, 1.807) is 0 Å². The Morgan fingerprint density at radius 2 is 1.58 bits per heavy atom. The molecule has 5 rings (SSSR count). The van der Waals surface area contributed by atoms with Crippen LogP contribution in [0.2, 0.25) is 5.02 Å². The first-order chi connectivity index (χ1) is 9.27. The molecule has 0 N–H and O–H groups in total. The summed E-state index contributed by atoms with van der Waals surface area (Å²) in [6.45, 7) is 0. The number of rotatable bonds is 1. The highest BCUT2D eigenvalue weighted by atomic mass is 35.5. The molecule has 0 amide bonds. The van der Waals surface area contributed by atoms with Crippen LogP contribution in [-0.4, -0.2) is 5.78 Å². The Labute approximate surface area is 117 Å². The standard InChI is InChI=1S/C17H13ClO/c18-15-8-4-3-7-12(15)16-13-9-14(16)17(19)11-6-2-1-5-10(11)13/h1-8,13-14,16H,9H2. The zero-order valence-corrected chi connectivity index (χ0v) is 11.1. The van der Waals surface area contributed by atoms with Gasteiger partial charge < -0.3 is 0 Å². The van der Waals surface area contributed by atoms with Crippen molar-refractivity contribution in [1.82, 2.24) is 0 Å². The highest BCUT2D eigenvalue weighted by Crippen LogP contribution is 2.59. The number of hydrogen-bond acceptors (Lipinski definition) is 1. The van der Waals surface area contributed by atoms with Crippen molar-refractivity contribution >= 4 is 17.4 Å². The van der Waals surface area contributed by atoms with Crippen molar-refractivity contribution in [2.75, 3.05) is 0 Å². The molecule has 0 spiro atoms. The van der Waals surface area contributed by atoms with Gasteiger partial charge in [0.2, 0.25) is 0 Å². The Hall–Kier alpha value is -1.60. The van der Waals surface area contributed by atoms with E-state index in [9.17, 15) is 4.79 Å². The molecular formula is C17H13ClO. The Balaban J connectivity index is 1.84. The van der Waals surface area contributed by atoms with E-state index >= 15 is 0 Å². The van der Waals surface area contributed by atoms with Gasteiger partial charge in [-0.25, -0.2) is 0 Å². The smallest absolute Gasteiger partial charge is 0.166 e. The number of Topliss-reactive ketones (excluding diaryl/α,β-unsaturated/α-hetero) is 1. The molecule has 2 aromatic carbocycles. The summed E-state index contributed by atoms with van der Waals surface area (Å²) < 4.78 is 0. The summed E-state index contributed by atoms with van der Waals surface area (Å²) in [6.07, 6.45) is 0.978. The molecule has 3 unspecified atom stereocenters. The predicted molar refractivity (Wildman–Crippen MR) is 75.8 cm³/mol. The fraction of sp³-hybridized carbons (Fsp3) is 0.235. The Morgan fingerprint density at radius 3 is 2.37 bits per heavy atom. The third-order valence-corrected chi connectivity index (χ3v) is 4.95. The molecule has 3 atom stereocenters. The summed E-state index contributed by atoms with van der Waals surface area (Å²) in [4.78, 5) is 12.5. The summed E-state index contributed by atoms with van der Waals surface area (Å²) in [5, 5.41) is 0.786. The normalized spacial score (nSPS) is 27.6. The van der Waals surface area contributed by atoms with Crippen molar-refractivity contribution in [2.45, 2.75) is 18.3 Å². The number of hydrogen-bond donors (Lipinski definition) is 0. The zero-order chi connectivity index (χ0) is 13.0. The number of halogens is 1. The molecule has 2 bridgehead atoms. The maximum atomic E-state index is 12.5. The fourth-order valence-electron chi connectivity index (χ4n) is 3.67. The molecule has 19 heavy (non-hydrogen) atoms. The van der Waals surface area contributed by atoms with E-state index in [1.165, 1.54) is 5.56 Å². The summed E-state index contributed by atoms with van der Waals surface area (Å²) in [6, 6.07) is 16.0. The molecule has 1 nitrogen and oxygen atoms in total. The molecule has 2 heteroatoms. The number of carbonyl (C=O) groups is 1. The van der Waals surface area contributed by atoms with Crippen LogP contribution in [0.1, 0.15) is 39.7 Å². The topological polar surface area (TPSA) is 17.1 Å². The van der Waals surface area contributed by atoms with Gasteiger partial charge in [0.25, 0.3) is 0 Å². The largest absolute Gasteiger partial charge is 0.294 e. The average molecular weight is 269 g/mol. The minimum absolute atomic E-state index is 0.125. The van der Waals surface area contributed by atoms with Crippen molar-refractivity contribution in [3.63, 3.8) is 0 Å². The molecule has 3 aliphatic rings. The lowest BCUT2D eigenvalue weighted by Crippen LogP contribution is -2.43. The van der Waals surface area contributed by atoms with Crippen molar-refractivity contribution < 1.29 is 4.79 Å². The molecule has 0 heterocycles. The average Bonchev–Trinajstić information content (AvgIpc) is 2.41. The van der Waals surface area contributed by atoms with Gasteiger partial charge in [-0.15, -0.1) is 0 Å². The van der Waals surface area contributed by atoms with Crippen molar-refractivity contribution in [3.8, 4) is 0 Å². The van der Waals surface area contributed by atoms with Gasteiger partial charge in [-0.05, 0) is 29.5 Å². The lowest BCUT2D eigenvalue weighted by molar-refractivity contribution is 0.0734. The summed E-state index contributed by atoms with van der Waals surface area (Å²) in [7, 11) is 0. The number of ketones is 1. The summed E-state index contributed by atoms with van der Waals surface area (Å²) >= 11 is 6.31. The van der Waals surface area contributed by atoms with E-state index in [4.69, 9.17) is 11.6 Å². The molecule has 2 aromatic rings. The molecule has 0 radical (unpaired) electrons. The first kappa shape index (κ1) is 11.2. The summed E-state index contributed by atoms with van der Waals surface area (Å²) in [5.41, 5.74) is 3.26. The van der Waals surface area contributed by atoms with Gasteiger partial charge in [-0.2, -0.15) is 0 Å². The van der Waals surface area contributed by atoms with Crippen LogP contribution >= 0.6 is 11.6 Å². The Kier molecular flexibility index (Phi) is 2.33. The van der Waals surface area contributed by atoms with Crippen LogP contribution in [0.15, 0.2) is 48.5 Å². The quantitative estimate of drug-likeness (QED) is 0.748. The van der Waals surface area contributed by atoms with Crippen LogP contribution in [0, 0.1) is 5.92 Å². The fourth-order valence-corrected chi connectivity index (χ4v) is 3.93. The highest BCUT2D eigenvalue weighted by molar-refractivity contribution is 6.31. The highest BCUT2D eigenvalue weighted by Gasteiger charge is 2.52. The number of carbonyl (C=O) groups excluding carboxylic acids is 1. The molecule has 1 fully saturated rings. The predicted octanol–water partition coefficient (Wildman–Crippen LogP) is 4.42. The minimum atomic E-state index is 0.125. The lowest BCUT2D eigenvalue weighted by atomic mass is 9.53. The minimum Gasteiger partial charge on any atom is -0.294 e. The van der Waals surface area contributed by atoms with Gasteiger partial charge in [0, 0.05) is 22.4 Å². The van der Waals surface area contributed by atoms with Gasteiger partial charge in [-0.1, -0.05) is 54.1 Å². The third-order valence-electron chi connectivity index (χ3n) is 4.60. The second-order valence-corrected chi connectivity index (χ2v) is 5.85. The van der Waals surface area contributed by atoms with E-state index in [0.717, 1.165) is 22.6 Å². The van der Waals surface area contributed by atoms with E-state index in [-0.39, 0.29) is 11.8 Å². The third kappa shape index (κ3) is 1.45. The molecule has 0 aliphatic heterocycles. The van der Waals surface area contributed by atoms with E-state index in [1.807, 2.05) is 36.4 Å². The molecule has 0 saturated heterocycles. The van der Waals surface area contributed by atoms with Crippen LogP contribution < -0.4 is 0 Å². The number of benzene rings is 2. The van der Waals surface area contributed by atoms with Gasteiger partial charge in [-0.3, -0.25) is 4.79 Å². The first-order valence-corrected chi connectivity index (χ1v) is 7.02. The van der Waals surface area contributed by atoms with Crippen molar-refractivity contribution in [2.24, 2.45) is 5.92 Å². The SMILES string of the molecule is O=C1c2ccccc2C2CC1C2c1ccccc1Cl. The van der Waals surface area contributed by atoms with E-state index in [2.05, 4.69) is 12.1 Å². The second kappa shape index (κ2) is 3.94. The first-order valence-electron chi connectivity index (χ1n) is 6.65. The van der Waals surface area contributed by atoms with E-state index < -0.39 is 0 Å². The van der Waals surface area contributed by atoms with Gasteiger partial charge in [0.05, 0.1) is 0 Å². The lowest BCUT2D eigenvalue weighted by Gasteiger charge is -2.49. The molecule has 3 aliphatic carbocycles. The van der Waals surface area contributed by atoms with Gasteiger partial charge in [0.1, 0.15) is 0 Å². The zero-order valence-electron chi connectivity index (χ0n) is 10.3. The summed E-state index contributed by atoms with van der Waals surface area (Å²) in [5.74, 6) is 1.15. The molecule has 0 aromatic heterocycles. The van der Waals surface area contributed by atoms with Gasteiger partial charge >= 0.3 is 0 Å². The van der Waals surface area contributed by atoms with Crippen LogP contribution in [0.3, 0.4) is 0 Å². The maximum Gasteiger partial charge on any atom is 0.166 e. The van der Waals surface area contributed by atoms with Crippen molar-refractivity contribution in [1.29, 1.82) is 0 Å². The Morgan fingerprint density at radius 1 is 0.895 bits per heavy atom. The monoisotopic (exact) mass is 268 g/mol. The van der Waals surface area contributed by atoms with E-state index in [0.29, 0.717) is 11.7 Å². The molecule has 94 valence electrons. The molecular weight excluding hydrogens is 256 g/mol. The van der Waals surface area contributed by atoms with Crippen LogP contribution in [0.4, 0.5) is 0 Å². The van der Waals surface area contributed by atoms with Crippen LogP contribution in [0.5, 0.6) is 0 Å².